The van der Waals surface area contributed by atoms with Crippen LogP contribution >= 0.6 is 0 Å². The summed E-state index contributed by atoms with van der Waals surface area (Å²) in [4.78, 5) is 11.6. The van der Waals surface area contributed by atoms with Crippen LogP contribution in [0.2, 0.25) is 0 Å². The van der Waals surface area contributed by atoms with Crippen LogP contribution in [0.5, 0.6) is 11.8 Å². The summed E-state index contributed by atoms with van der Waals surface area (Å²) in [5.41, 5.74) is 3.33. The number of alkyl halides is 1. The Kier molecular flexibility index (Phi) is 6.06. The Morgan fingerprint density at radius 2 is 2.11 bits per heavy atom. The van der Waals surface area contributed by atoms with Crippen molar-refractivity contribution in [3.05, 3.63) is 59.4 Å². The topological polar surface area (TPSA) is 56.7 Å². The number of benzene rings is 2. The molecule has 0 radical (unpaired) electrons. The molecule has 1 unspecified atom stereocenters. The van der Waals surface area contributed by atoms with Crippen molar-refractivity contribution in [1.29, 1.82) is 0 Å². The highest BCUT2D eigenvalue weighted by molar-refractivity contribution is 5.87. The molecule has 2 aromatic carbocycles. The van der Waals surface area contributed by atoms with Gasteiger partial charge in [0.05, 0.1) is 11.2 Å². The van der Waals surface area contributed by atoms with Crippen LogP contribution in [-0.4, -0.2) is 60.2 Å². The van der Waals surface area contributed by atoms with Crippen LogP contribution in [0.25, 0.3) is 10.8 Å². The molecule has 0 bridgehead atoms. The Balaban J connectivity index is 1.23. The number of nitrogens with zero attached hydrogens (tertiary/aromatic N) is 3. The van der Waals surface area contributed by atoms with Crippen LogP contribution in [0.15, 0.2) is 42.6 Å². The summed E-state index contributed by atoms with van der Waals surface area (Å²) in [6, 6.07) is 13.1. The van der Waals surface area contributed by atoms with Crippen molar-refractivity contribution >= 4 is 10.8 Å². The molecule has 2 aliphatic heterocycles. The van der Waals surface area contributed by atoms with Crippen LogP contribution in [0.3, 0.4) is 0 Å². The van der Waals surface area contributed by atoms with Gasteiger partial charge in [-0.1, -0.05) is 24.3 Å². The number of hydrogen-bond donors (Lipinski definition) is 0. The van der Waals surface area contributed by atoms with Gasteiger partial charge >= 0.3 is 6.01 Å². The highest BCUT2D eigenvalue weighted by atomic mass is 19.1. The zero-order chi connectivity index (χ0) is 23.8. The van der Waals surface area contributed by atoms with Gasteiger partial charge in [-0.2, -0.15) is 4.98 Å². The molecule has 3 heterocycles. The van der Waals surface area contributed by atoms with E-state index in [1.54, 1.807) is 7.11 Å². The maximum absolute atomic E-state index is 14.1. The third-order valence-corrected chi connectivity index (χ3v) is 8.02. The molecular weight excluding hydrogens is 445 g/mol. The summed E-state index contributed by atoms with van der Waals surface area (Å²) >= 11 is 0. The number of halogens is 1. The van der Waals surface area contributed by atoms with Gasteiger partial charge in [-0.25, -0.2) is 9.37 Å². The third kappa shape index (κ3) is 4.36. The Labute approximate surface area is 205 Å². The minimum atomic E-state index is -0.762. The lowest BCUT2D eigenvalue weighted by molar-refractivity contribution is 0.0511. The van der Waals surface area contributed by atoms with Gasteiger partial charge < -0.3 is 14.2 Å². The maximum atomic E-state index is 14.1. The first kappa shape index (κ1) is 22.7. The molecule has 2 saturated heterocycles. The Morgan fingerprint density at radius 1 is 1.20 bits per heavy atom. The van der Waals surface area contributed by atoms with Gasteiger partial charge in [0.25, 0.3) is 0 Å². The molecular formula is C28H32FN3O3. The molecule has 1 aromatic heterocycles. The highest BCUT2D eigenvalue weighted by Crippen LogP contribution is 2.41. The van der Waals surface area contributed by atoms with E-state index in [2.05, 4.69) is 46.3 Å². The van der Waals surface area contributed by atoms with E-state index in [1.807, 2.05) is 6.20 Å². The average Bonchev–Trinajstić information content (AvgIpc) is 3.41. The van der Waals surface area contributed by atoms with E-state index >= 15 is 0 Å². The lowest BCUT2D eigenvalue weighted by Gasteiger charge is -2.31. The summed E-state index contributed by atoms with van der Waals surface area (Å²) in [6.07, 6.45) is 6.58. The van der Waals surface area contributed by atoms with Crippen molar-refractivity contribution in [1.82, 2.24) is 14.9 Å². The number of rotatable bonds is 7. The number of aromatic nitrogens is 2. The molecule has 35 heavy (non-hydrogen) atoms. The number of methoxy groups -OCH3 is 1. The number of ether oxygens (including phenoxy) is 3. The predicted octanol–water partition coefficient (Wildman–Crippen LogP) is 4.84. The maximum Gasteiger partial charge on any atom is 0.316 e. The minimum absolute atomic E-state index is 0.192. The van der Waals surface area contributed by atoms with Crippen LogP contribution in [0.1, 0.15) is 48.4 Å². The van der Waals surface area contributed by atoms with E-state index in [0.29, 0.717) is 31.5 Å². The summed E-state index contributed by atoms with van der Waals surface area (Å²) in [5, 5.41) is 2.41. The van der Waals surface area contributed by atoms with Gasteiger partial charge in [0.2, 0.25) is 0 Å². The molecule has 7 heteroatoms. The standard InChI is InChI=1S/C28H32FN3O3/c1-33-18-35-23-11-19-5-2-3-6-24(19)25(13-23)20-7-8-21-15-30-27(31-26(21)12-20)34-17-28-9-4-10-32(28)16-22(29)14-28/h2-3,5-6,11,13,15,20,22H,4,7-10,12,14,16-18H2,1H3/t20?,22-,28+/m1/s1. The normalized spacial score (nSPS) is 26.0. The van der Waals surface area contributed by atoms with E-state index in [1.165, 1.54) is 16.5 Å². The van der Waals surface area contributed by atoms with Gasteiger partial charge in [-0.05, 0) is 78.6 Å². The summed E-state index contributed by atoms with van der Waals surface area (Å²) in [6.45, 7) is 2.16. The lowest BCUT2D eigenvalue weighted by atomic mass is 9.81. The molecule has 0 amide bonds. The molecule has 6 nitrogen and oxygen atoms in total. The van der Waals surface area contributed by atoms with Crippen molar-refractivity contribution in [2.24, 2.45) is 0 Å². The molecule has 0 saturated carbocycles. The molecule has 2 fully saturated rings. The van der Waals surface area contributed by atoms with Crippen molar-refractivity contribution in [3.8, 4) is 11.8 Å². The summed E-state index contributed by atoms with van der Waals surface area (Å²) < 4.78 is 31.2. The van der Waals surface area contributed by atoms with E-state index in [4.69, 9.17) is 19.2 Å². The molecule has 1 aliphatic carbocycles. The molecule has 3 atom stereocenters. The van der Waals surface area contributed by atoms with Crippen LogP contribution < -0.4 is 9.47 Å². The van der Waals surface area contributed by atoms with Crippen LogP contribution in [0, 0.1) is 0 Å². The molecule has 0 N–H and O–H groups in total. The van der Waals surface area contributed by atoms with Crippen LogP contribution in [-0.2, 0) is 17.6 Å². The quantitative estimate of drug-likeness (QED) is 0.454. The monoisotopic (exact) mass is 477 g/mol. The van der Waals surface area contributed by atoms with Gasteiger partial charge in [0.1, 0.15) is 18.5 Å². The molecule has 184 valence electrons. The first-order valence-corrected chi connectivity index (χ1v) is 12.6. The Bertz CT molecular complexity index is 1220. The number of aryl methyl sites for hydroxylation is 1. The molecule has 3 aliphatic rings. The smallest absolute Gasteiger partial charge is 0.316 e. The predicted molar refractivity (Wildman–Crippen MR) is 132 cm³/mol. The van der Waals surface area contributed by atoms with E-state index in [-0.39, 0.29) is 12.3 Å². The zero-order valence-corrected chi connectivity index (χ0v) is 20.2. The van der Waals surface area contributed by atoms with Crippen molar-refractivity contribution in [2.75, 3.05) is 33.6 Å². The van der Waals surface area contributed by atoms with Gasteiger partial charge in [0, 0.05) is 26.3 Å². The summed E-state index contributed by atoms with van der Waals surface area (Å²) in [7, 11) is 1.63. The lowest BCUT2D eigenvalue weighted by Crippen LogP contribution is -2.43. The Hall–Kier alpha value is -2.77. The fraction of sp³-hybridized carbons (Fsp3) is 0.500. The van der Waals surface area contributed by atoms with Crippen LogP contribution in [0.4, 0.5) is 4.39 Å². The minimum Gasteiger partial charge on any atom is -0.468 e. The second kappa shape index (κ2) is 9.36. The van der Waals surface area contributed by atoms with Gasteiger partial charge in [-0.15, -0.1) is 0 Å². The van der Waals surface area contributed by atoms with Gasteiger partial charge in [0.15, 0.2) is 6.79 Å². The Morgan fingerprint density at radius 3 is 3.03 bits per heavy atom. The van der Waals surface area contributed by atoms with Crippen molar-refractivity contribution in [2.45, 2.75) is 56.2 Å². The van der Waals surface area contributed by atoms with Crippen molar-refractivity contribution in [3.63, 3.8) is 0 Å². The fourth-order valence-corrected chi connectivity index (χ4v) is 6.32. The SMILES string of the molecule is COCOc1cc(C2CCc3cnc(OC[C@@]45CCCN4C[C@H](F)C5)nc3C2)c2ccccc2c1. The average molecular weight is 478 g/mol. The fourth-order valence-electron chi connectivity index (χ4n) is 6.32. The van der Waals surface area contributed by atoms with E-state index in [9.17, 15) is 4.39 Å². The number of hydrogen-bond acceptors (Lipinski definition) is 6. The largest absolute Gasteiger partial charge is 0.468 e. The van der Waals surface area contributed by atoms with E-state index < -0.39 is 6.17 Å². The van der Waals surface area contributed by atoms with E-state index in [0.717, 1.165) is 55.5 Å². The number of fused-ring (bicyclic) bond motifs is 3. The summed E-state index contributed by atoms with van der Waals surface area (Å²) in [5.74, 6) is 1.15. The molecule has 3 aromatic rings. The van der Waals surface area contributed by atoms with Gasteiger partial charge in [-0.3, -0.25) is 4.90 Å². The first-order chi connectivity index (χ1) is 17.1. The molecule has 0 spiro atoms. The first-order valence-electron chi connectivity index (χ1n) is 12.6. The zero-order valence-electron chi connectivity index (χ0n) is 20.2. The second-order valence-corrected chi connectivity index (χ2v) is 10.2. The second-order valence-electron chi connectivity index (χ2n) is 10.2. The third-order valence-electron chi connectivity index (χ3n) is 8.02. The molecule has 6 rings (SSSR count). The van der Waals surface area contributed by atoms with Crippen molar-refractivity contribution < 1.29 is 18.6 Å². The highest BCUT2D eigenvalue weighted by Gasteiger charge is 2.49.